The van der Waals surface area contributed by atoms with Crippen LogP contribution in [0.4, 0.5) is 0 Å². The Hall–Kier alpha value is -1.36. The number of carbonyl (C=O) groups excluding carboxylic acids is 2. The fourth-order valence-corrected chi connectivity index (χ4v) is 3.49. The van der Waals surface area contributed by atoms with Gasteiger partial charge in [0.2, 0.25) is 0 Å². The largest absolute Gasteiger partial charge is 0.448 e. The summed E-state index contributed by atoms with van der Waals surface area (Å²) < 4.78 is 5.27. The molecule has 1 aromatic rings. The number of ether oxygens (including phenoxy) is 1. The number of aryl methyl sites for hydroxylation is 1. The van der Waals surface area contributed by atoms with Crippen LogP contribution < -0.4 is 5.32 Å². The third kappa shape index (κ3) is 4.06. The van der Waals surface area contributed by atoms with Gasteiger partial charge in [0, 0.05) is 6.04 Å². The summed E-state index contributed by atoms with van der Waals surface area (Å²) in [6.07, 6.45) is 3.78. The Morgan fingerprint density at radius 1 is 1.38 bits per heavy atom. The van der Waals surface area contributed by atoms with Gasteiger partial charge >= 0.3 is 5.97 Å². The number of carbonyl (C=O) groups is 2. The smallest absolute Gasteiger partial charge is 0.349 e. The second-order valence-electron chi connectivity index (χ2n) is 5.86. The molecule has 1 aliphatic rings. The van der Waals surface area contributed by atoms with Gasteiger partial charge in [0.05, 0.1) is 0 Å². The lowest BCUT2D eigenvalue weighted by Gasteiger charge is -2.30. The van der Waals surface area contributed by atoms with Crippen LogP contribution in [0.5, 0.6) is 0 Å². The van der Waals surface area contributed by atoms with Crippen molar-refractivity contribution >= 4 is 23.2 Å². The van der Waals surface area contributed by atoms with Crippen molar-refractivity contribution in [2.45, 2.75) is 58.6 Å². The molecule has 21 heavy (non-hydrogen) atoms. The molecule has 0 spiro atoms. The topological polar surface area (TPSA) is 55.4 Å². The number of hydrogen-bond donors (Lipinski definition) is 1. The second-order valence-corrected chi connectivity index (χ2v) is 6.77. The van der Waals surface area contributed by atoms with Crippen LogP contribution >= 0.6 is 11.3 Å². The standard InChI is InChI=1S/C16H23NO3S/c1-10-6-4-5-7-13(10)17-15(18)12(3)20-16(19)14-11(2)8-9-21-14/h8-10,12-13H,4-7H2,1-3H3,(H,17,18)/t10-,12-,13-/m1/s1. The number of hydrogen-bond acceptors (Lipinski definition) is 4. The fourth-order valence-electron chi connectivity index (χ4n) is 2.68. The third-order valence-corrected chi connectivity index (χ3v) is 5.14. The number of amides is 1. The van der Waals surface area contributed by atoms with E-state index in [2.05, 4.69) is 12.2 Å². The first-order chi connectivity index (χ1) is 9.99. The van der Waals surface area contributed by atoms with E-state index in [0.29, 0.717) is 10.8 Å². The maximum atomic E-state index is 12.2. The summed E-state index contributed by atoms with van der Waals surface area (Å²) in [4.78, 5) is 24.7. The predicted octanol–water partition coefficient (Wildman–Crippen LogP) is 3.30. The Labute approximate surface area is 129 Å². The van der Waals surface area contributed by atoms with E-state index in [0.717, 1.165) is 24.8 Å². The fraction of sp³-hybridized carbons (Fsp3) is 0.625. The summed E-state index contributed by atoms with van der Waals surface area (Å²) in [6.45, 7) is 5.65. The molecule has 0 aliphatic heterocycles. The minimum Gasteiger partial charge on any atom is -0.448 e. The van der Waals surface area contributed by atoms with Crippen LogP contribution in [0.25, 0.3) is 0 Å². The molecular weight excluding hydrogens is 286 g/mol. The van der Waals surface area contributed by atoms with Crippen molar-refractivity contribution in [3.05, 3.63) is 21.9 Å². The van der Waals surface area contributed by atoms with Crippen LogP contribution in [0.2, 0.25) is 0 Å². The van der Waals surface area contributed by atoms with Crippen molar-refractivity contribution in [2.75, 3.05) is 0 Å². The molecular formula is C16H23NO3S. The Bertz CT molecular complexity index is 511. The summed E-state index contributed by atoms with van der Waals surface area (Å²) in [5.74, 6) is -0.122. The van der Waals surface area contributed by atoms with E-state index in [4.69, 9.17) is 4.74 Å². The molecule has 1 amide bonds. The second kappa shape index (κ2) is 7.07. The van der Waals surface area contributed by atoms with E-state index in [1.807, 2.05) is 18.4 Å². The van der Waals surface area contributed by atoms with Crippen LogP contribution in [0.15, 0.2) is 11.4 Å². The summed E-state index contributed by atoms with van der Waals surface area (Å²) in [5.41, 5.74) is 0.888. The van der Waals surface area contributed by atoms with Gasteiger partial charge in [0.25, 0.3) is 5.91 Å². The van der Waals surface area contributed by atoms with Crippen LogP contribution in [0.3, 0.4) is 0 Å². The van der Waals surface area contributed by atoms with Crippen LogP contribution in [-0.2, 0) is 9.53 Å². The number of nitrogens with one attached hydrogen (secondary N) is 1. The van der Waals surface area contributed by atoms with Gasteiger partial charge in [-0.15, -0.1) is 11.3 Å². The van der Waals surface area contributed by atoms with E-state index in [1.165, 1.54) is 17.8 Å². The first kappa shape index (κ1) is 16.0. The normalized spacial score (nSPS) is 23.4. The Morgan fingerprint density at radius 2 is 2.10 bits per heavy atom. The first-order valence-corrected chi connectivity index (χ1v) is 8.42. The predicted molar refractivity (Wildman–Crippen MR) is 83.5 cm³/mol. The molecule has 116 valence electrons. The van der Waals surface area contributed by atoms with Crippen molar-refractivity contribution < 1.29 is 14.3 Å². The Balaban J connectivity index is 1.87. The highest BCUT2D eigenvalue weighted by molar-refractivity contribution is 7.12. The molecule has 4 nitrogen and oxygen atoms in total. The van der Waals surface area contributed by atoms with Gasteiger partial charge in [0.1, 0.15) is 4.88 Å². The van der Waals surface area contributed by atoms with Crippen LogP contribution in [0, 0.1) is 12.8 Å². The summed E-state index contributed by atoms with van der Waals surface area (Å²) in [5, 5.41) is 4.87. The average molecular weight is 309 g/mol. The van der Waals surface area contributed by atoms with Crippen molar-refractivity contribution in [3.63, 3.8) is 0 Å². The average Bonchev–Trinajstić information content (AvgIpc) is 2.87. The zero-order valence-electron chi connectivity index (χ0n) is 12.8. The zero-order valence-corrected chi connectivity index (χ0v) is 13.7. The van der Waals surface area contributed by atoms with Crippen molar-refractivity contribution in [1.29, 1.82) is 0 Å². The third-order valence-electron chi connectivity index (χ3n) is 4.14. The first-order valence-electron chi connectivity index (χ1n) is 7.54. The van der Waals surface area contributed by atoms with E-state index >= 15 is 0 Å². The van der Waals surface area contributed by atoms with Gasteiger partial charge in [-0.3, -0.25) is 4.79 Å². The molecule has 1 fully saturated rings. The minimum absolute atomic E-state index is 0.198. The lowest BCUT2D eigenvalue weighted by molar-refractivity contribution is -0.130. The molecule has 0 unspecified atom stereocenters. The maximum absolute atomic E-state index is 12.2. The van der Waals surface area contributed by atoms with Crippen LogP contribution in [-0.4, -0.2) is 24.0 Å². The van der Waals surface area contributed by atoms with Gasteiger partial charge in [-0.2, -0.15) is 0 Å². The van der Waals surface area contributed by atoms with E-state index in [1.54, 1.807) is 6.92 Å². The molecule has 5 heteroatoms. The van der Waals surface area contributed by atoms with Crippen LogP contribution in [0.1, 0.15) is 54.8 Å². The van der Waals surface area contributed by atoms with Gasteiger partial charge in [-0.1, -0.05) is 19.8 Å². The minimum atomic E-state index is -0.756. The molecule has 0 radical (unpaired) electrons. The molecule has 0 saturated heterocycles. The monoisotopic (exact) mass is 309 g/mol. The summed E-state index contributed by atoms with van der Waals surface area (Å²) in [7, 11) is 0. The molecule has 1 heterocycles. The van der Waals surface area contributed by atoms with E-state index in [9.17, 15) is 9.59 Å². The number of esters is 1. The number of thiophene rings is 1. The lowest BCUT2D eigenvalue weighted by atomic mass is 9.86. The van der Waals surface area contributed by atoms with Gasteiger partial charge < -0.3 is 10.1 Å². The molecule has 0 bridgehead atoms. The molecule has 1 saturated carbocycles. The molecule has 2 rings (SSSR count). The van der Waals surface area contributed by atoms with E-state index < -0.39 is 12.1 Å². The Kier molecular flexibility index (Phi) is 5.39. The Morgan fingerprint density at radius 3 is 2.71 bits per heavy atom. The van der Waals surface area contributed by atoms with Crippen molar-refractivity contribution in [1.82, 2.24) is 5.32 Å². The lowest BCUT2D eigenvalue weighted by Crippen LogP contribution is -2.45. The number of rotatable bonds is 4. The van der Waals surface area contributed by atoms with E-state index in [-0.39, 0.29) is 11.9 Å². The molecule has 1 N–H and O–H groups in total. The highest BCUT2D eigenvalue weighted by Gasteiger charge is 2.26. The highest BCUT2D eigenvalue weighted by Crippen LogP contribution is 2.24. The summed E-state index contributed by atoms with van der Waals surface area (Å²) >= 11 is 1.34. The van der Waals surface area contributed by atoms with Crippen molar-refractivity contribution in [3.8, 4) is 0 Å². The van der Waals surface area contributed by atoms with Gasteiger partial charge in [-0.05, 0) is 49.6 Å². The molecule has 0 aromatic carbocycles. The SMILES string of the molecule is Cc1ccsc1C(=O)O[C@H](C)C(=O)N[C@@H]1CCCC[C@H]1C. The quantitative estimate of drug-likeness (QED) is 0.868. The summed E-state index contributed by atoms with van der Waals surface area (Å²) in [6, 6.07) is 2.08. The van der Waals surface area contributed by atoms with Crippen molar-refractivity contribution in [2.24, 2.45) is 5.92 Å². The molecule has 1 aliphatic carbocycles. The molecule has 3 atom stereocenters. The van der Waals surface area contributed by atoms with Gasteiger partial charge in [0.15, 0.2) is 6.10 Å². The maximum Gasteiger partial charge on any atom is 0.349 e. The zero-order chi connectivity index (χ0) is 15.4. The highest BCUT2D eigenvalue weighted by atomic mass is 32.1. The molecule has 1 aromatic heterocycles. The van der Waals surface area contributed by atoms with Gasteiger partial charge in [-0.25, -0.2) is 4.79 Å².